The fourth-order valence-corrected chi connectivity index (χ4v) is 1.43. The molecule has 0 amide bonds. The second kappa shape index (κ2) is 4.32. The number of aliphatic hydroxyl groups excluding tert-OH is 1. The Bertz CT molecular complexity index is 471. The van der Waals surface area contributed by atoms with Gasteiger partial charge in [-0.25, -0.2) is 9.37 Å². The molecule has 0 spiro atoms. The van der Waals surface area contributed by atoms with Crippen molar-refractivity contribution in [1.29, 1.82) is 0 Å². The summed E-state index contributed by atoms with van der Waals surface area (Å²) >= 11 is 0. The van der Waals surface area contributed by atoms with Crippen molar-refractivity contribution in [2.45, 2.75) is 6.10 Å². The molecule has 1 atom stereocenters. The molecule has 1 unspecified atom stereocenters. The zero-order valence-corrected chi connectivity index (χ0v) is 8.64. The molecule has 84 valence electrons. The molecule has 0 aliphatic heterocycles. The summed E-state index contributed by atoms with van der Waals surface area (Å²) in [6, 6.07) is 4.29. The van der Waals surface area contributed by atoms with Gasteiger partial charge in [-0.05, 0) is 12.1 Å². The van der Waals surface area contributed by atoms with Crippen LogP contribution in [-0.2, 0) is 0 Å². The van der Waals surface area contributed by atoms with E-state index >= 15 is 0 Å². The first-order chi connectivity index (χ1) is 7.72. The van der Waals surface area contributed by atoms with E-state index in [1.54, 1.807) is 12.3 Å². The van der Waals surface area contributed by atoms with E-state index in [-0.39, 0.29) is 5.56 Å². The van der Waals surface area contributed by atoms with Crippen molar-refractivity contribution in [2.75, 3.05) is 7.11 Å². The van der Waals surface area contributed by atoms with Crippen molar-refractivity contribution in [2.24, 2.45) is 0 Å². The Morgan fingerprint density at radius 1 is 1.50 bits per heavy atom. The molecular formula is C11H11FN2O2. The lowest BCUT2D eigenvalue weighted by molar-refractivity contribution is 0.205. The number of benzene rings is 1. The molecular weight excluding hydrogens is 211 g/mol. The summed E-state index contributed by atoms with van der Waals surface area (Å²) in [7, 11) is 1.46. The number of aromatic amines is 1. The lowest BCUT2D eigenvalue weighted by Gasteiger charge is -2.10. The van der Waals surface area contributed by atoms with Crippen LogP contribution in [0, 0.1) is 5.82 Å². The SMILES string of the molecule is COc1ccc(C(O)c2ncc[nH]2)c(F)c1. The molecule has 5 heteroatoms. The normalized spacial score (nSPS) is 12.4. The number of imidazole rings is 1. The van der Waals surface area contributed by atoms with Crippen LogP contribution in [0.5, 0.6) is 5.75 Å². The second-order valence-electron chi connectivity index (χ2n) is 3.26. The summed E-state index contributed by atoms with van der Waals surface area (Å²) < 4.78 is 18.5. The van der Waals surface area contributed by atoms with Gasteiger partial charge in [0.05, 0.1) is 7.11 Å². The Morgan fingerprint density at radius 3 is 2.88 bits per heavy atom. The standard InChI is InChI=1S/C11H11FN2O2/c1-16-7-2-3-8(9(12)6-7)10(15)11-13-4-5-14-11/h2-6,10,15H,1H3,(H,13,14). The number of aliphatic hydroxyl groups is 1. The van der Waals surface area contributed by atoms with Gasteiger partial charge in [0, 0.05) is 24.0 Å². The predicted molar refractivity (Wildman–Crippen MR) is 55.6 cm³/mol. The third kappa shape index (κ3) is 1.90. The molecule has 0 saturated carbocycles. The molecule has 2 rings (SSSR count). The monoisotopic (exact) mass is 222 g/mol. The molecule has 0 bridgehead atoms. The Balaban J connectivity index is 2.34. The van der Waals surface area contributed by atoms with Crippen molar-refractivity contribution in [3.05, 3.63) is 47.8 Å². The molecule has 0 radical (unpaired) electrons. The highest BCUT2D eigenvalue weighted by molar-refractivity contribution is 5.32. The predicted octanol–water partition coefficient (Wildman–Crippen LogP) is 1.64. The zero-order valence-electron chi connectivity index (χ0n) is 8.64. The minimum absolute atomic E-state index is 0.163. The molecule has 4 nitrogen and oxygen atoms in total. The molecule has 0 aliphatic carbocycles. The fourth-order valence-electron chi connectivity index (χ4n) is 1.43. The minimum atomic E-state index is -1.10. The fraction of sp³-hybridized carbons (Fsp3) is 0.182. The summed E-state index contributed by atoms with van der Waals surface area (Å²) in [6.07, 6.45) is 1.97. The van der Waals surface area contributed by atoms with Crippen LogP contribution < -0.4 is 4.74 Å². The number of halogens is 1. The summed E-state index contributed by atoms with van der Waals surface area (Å²) in [4.78, 5) is 6.60. The number of rotatable bonds is 3. The number of H-pyrrole nitrogens is 1. The smallest absolute Gasteiger partial charge is 0.139 e. The van der Waals surface area contributed by atoms with Gasteiger partial charge in [0.1, 0.15) is 23.5 Å². The van der Waals surface area contributed by atoms with E-state index in [1.807, 2.05) is 0 Å². The van der Waals surface area contributed by atoms with Gasteiger partial charge in [-0.2, -0.15) is 0 Å². The molecule has 0 fully saturated rings. The maximum Gasteiger partial charge on any atom is 0.139 e. The molecule has 0 aliphatic rings. The van der Waals surface area contributed by atoms with Crippen LogP contribution in [0.3, 0.4) is 0 Å². The van der Waals surface area contributed by atoms with E-state index in [1.165, 1.54) is 25.4 Å². The first-order valence-corrected chi connectivity index (χ1v) is 4.73. The van der Waals surface area contributed by atoms with Gasteiger partial charge in [0.25, 0.3) is 0 Å². The number of aromatic nitrogens is 2. The van der Waals surface area contributed by atoms with E-state index in [0.717, 1.165) is 0 Å². The molecule has 1 heterocycles. The van der Waals surface area contributed by atoms with Gasteiger partial charge in [0.2, 0.25) is 0 Å². The first kappa shape index (κ1) is 10.6. The number of hydrogen-bond donors (Lipinski definition) is 2. The maximum atomic E-state index is 13.6. The van der Waals surface area contributed by atoms with Gasteiger partial charge in [-0.1, -0.05) is 0 Å². The van der Waals surface area contributed by atoms with Gasteiger partial charge < -0.3 is 14.8 Å². The van der Waals surface area contributed by atoms with Crippen molar-refractivity contribution in [1.82, 2.24) is 9.97 Å². The van der Waals surface area contributed by atoms with E-state index in [9.17, 15) is 9.50 Å². The molecule has 1 aromatic carbocycles. The molecule has 16 heavy (non-hydrogen) atoms. The number of hydrogen-bond acceptors (Lipinski definition) is 3. The second-order valence-corrected chi connectivity index (χ2v) is 3.26. The quantitative estimate of drug-likeness (QED) is 0.830. The Kier molecular flexibility index (Phi) is 2.87. The zero-order chi connectivity index (χ0) is 11.5. The molecule has 0 saturated heterocycles. The van der Waals surface area contributed by atoms with Gasteiger partial charge in [0.15, 0.2) is 0 Å². The first-order valence-electron chi connectivity index (χ1n) is 4.73. The van der Waals surface area contributed by atoms with Crippen LogP contribution in [0.2, 0.25) is 0 Å². The topological polar surface area (TPSA) is 58.1 Å². The molecule has 2 aromatic rings. The average Bonchev–Trinajstić information content (AvgIpc) is 2.81. The lowest BCUT2D eigenvalue weighted by atomic mass is 10.1. The van der Waals surface area contributed by atoms with Crippen molar-refractivity contribution in [3.8, 4) is 5.75 Å². The highest BCUT2D eigenvalue weighted by atomic mass is 19.1. The van der Waals surface area contributed by atoms with Crippen LogP contribution in [-0.4, -0.2) is 22.2 Å². The van der Waals surface area contributed by atoms with Crippen molar-refractivity contribution < 1.29 is 14.2 Å². The van der Waals surface area contributed by atoms with Crippen LogP contribution in [0.1, 0.15) is 17.5 Å². The summed E-state index contributed by atoms with van der Waals surface area (Å²) in [5.41, 5.74) is 0.163. The van der Waals surface area contributed by atoms with E-state index in [2.05, 4.69) is 9.97 Å². The summed E-state index contributed by atoms with van der Waals surface area (Å²) in [5.74, 6) is 0.195. The highest BCUT2D eigenvalue weighted by Gasteiger charge is 2.17. The number of nitrogens with zero attached hydrogens (tertiary/aromatic N) is 1. The lowest BCUT2D eigenvalue weighted by Crippen LogP contribution is -2.04. The summed E-state index contributed by atoms with van der Waals surface area (Å²) in [5, 5.41) is 9.85. The van der Waals surface area contributed by atoms with E-state index in [0.29, 0.717) is 11.6 Å². The number of ether oxygens (including phenoxy) is 1. The van der Waals surface area contributed by atoms with Crippen LogP contribution in [0.15, 0.2) is 30.6 Å². The molecule has 2 N–H and O–H groups in total. The largest absolute Gasteiger partial charge is 0.497 e. The van der Waals surface area contributed by atoms with Crippen LogP contribution in [0.25, 0.3) is 0 Å². The van der Waals surface area contributed by atoms with Crippen molar-refractivity contribution in [3.63, 3.8) is 0 Å². The third-order valence-electron chi connectivity index (χ3n) is 2.28. The Morgan fingerprint density at radius 2 is 2.31 bits per heavy atom. The van der Waals surface area contributed by atoms with E-state index in [4.69, 9.17) is 4.74 Å². The summed E-state index contributed by atoms with van der Waals surface area (Å²) in [6.45, 7) is 0. The average molecular weight is 222 g/mol. The van der Waals surface area contributed by atoms with Gasteiger partial charge in [-0.3, -0.25) is 0 Å². The number of methoxy groups -OCH3 is 1. The minimum Gasteiger partial charge on any atom is -0.497 e. The van der Waals surface area contributed by atoms with Crippen molar-refractivity contribution >= 4 is 0 Å². The van der Waals surface area contributed by atoms with E-state index < -0.39 is 11.9 Å². The highest BCUT2D eigenvalue weighted by Crippen LogP contribution is 2.24. The van der Waals surface area contributed by atoms with Crippen LogP contribution >= 0.6 is 0 Å². The van der Waals surface area contributed by atoms with Gasteiger partial charge >= 0.3 is 0 Å². The van der Waals surface area contributed by atoms with Crippen LogP contribution in [0.4, 0.5) is 4.39 Å². The Labute approximate surface area is 91.7 Å². The molecule has 1 aromatic heterocycles. The maximum absolute atomic E-state index is 13.6. The Hall–Kier alpha value is -1.88. The number of nitrogens with one attached hydrogen (secondary N) is 1. The third-order valence-corrected chi connectivity index (χ3v) is 2.28. The van der Waals surface area contributed by atoms with Gasteiger partial charge in [-0.15, -0.1) is 0 Å².